The number of aromatic nitrogens is 3. The number of halogens is 1. The van der Waals surface area contributed by atoms with Gasteiger partial charge in [-0.3, -0.25) is 10.1 Å². The van der Waals surface area contributed by atoms with Gasteiger partial charge in [-0.15, -0.1) is 10.2 Å². The minimum absolute atomic E-state index is 0.0259. The molecule has 2 aromatic carbocycles. The summed E-state index contributed by atoms with van der Waals surface area (Å²) < 4.78 is 6.95. The number of thioether (sulfide) groups is 1. The van der Waals surface area contributed by atoms with E-state index in [1.165, 1.54) is 30.1 Å². The van der Waals surface area contributed by atoms with Crippen LogP contribution in [0, 0.1) is 10.1 Å². The number of hydrogen-bond acceptors (Lipinski definition) is 8. The van der Waals surface area contributed by atoms with Crippen LogP contribution in [0.2, 0.25) is 5.02 Å². The van der Waals surface area contributed by atoms with Crippen LogP contribution in [0.3, 0.4) is 0 Å². The lowest BCUT2D eigenvalue weighted by Gasteiger charge is -2.08. The topological polar surface area (TPSA) is 116 Å². The maximum atomic E-state index is 11.3. The molecule has 0 aliphatic heterocycles. The number of nitrogens with zero attached hydrogens (tertiary/aromatic N) is 5. The minimum Gasteiger partial charge on any atom is -0.500 e. The largest absolute Gasteiger partial charge is 0.500 e. The average Bonchev–Trinajstić information content (AvgIpc) is 3.15. The molecular formula is C21H22ClN5O4S. The summed E-state index contributed by atoms with van der Waals surface area (Å²) >= 11 is 7.41. The van der Waals surface area contributed by atoms with E-state index in [4.69, 9.17) is 16.3 Å². The van der Waals surface area contributed by atoms with Crippen molar-refractivity contribution < 1.29 is 14.8 Å². The number of rotatable bonds is 10. The molecule has 0 saturated carbocycles. The second-order valence-corrected chi connectivity index (χ2v) is 8.08. The zero-order valence-corrected chi connectivity index (χ0v) is 19.1. The van der Waals surface area contributed by atoms with Gasteiger partial charge in [0.25, 0.3) is 0 Å². The summed E-state index contributed by atoms with van der Waals surface area (Å²) in [6, 6.07) is 10.3. The molecule has 0 atom stereocenters. The molecule has 3 rings (SSSR count). The molecule has 9 nitrogen and oxygen atoms in total. The normalized spacial score (nSPS) is 11.2. The van der Waals surface area contributed by atoms with Crippen LogP contribution < -0.4 is 4.74 Å². The summed E-state index contributed by atoms with van der Waals surface area (Å²) in [5, 5.41) is 35.6. The molecule has 168 valence electrons. The number of phenols is 1. The smallest absolute Gasteiger partial charge is 0.315 e. The molecule has 32 heavy (non-hydrogen) atoms. The molecule has 0 saturated heterocycles. The van der Waals surface area contributed by atoms with Crippen molar-refractivity contribution in [2.45, 2.75) is 37.6 Å². The van der Waals surface area contributed by atoms with Crippen molar-refractivity contribution in [3.05, 3.63) is 68.5 Å². The number of benzene rings is 2. The summed E-state index contributed by atoms with van der Waals surface area (Å²) in [7, 11) is 0. The number of nitro groups is 1. The molecule has 0 fully saturated rings. The standard InChI is InChI=1S/C21H22ClN5O4S/c1-3-5-19-24-25-21(32-13-14-6-8-16(22)9-7-14)26(19)23-12-15-10-17(27(29)30)20(28)18(11-15)31-4-2/h6-12,28H,3-5,13H2,1-2H3/b23-12+. The molecule has 11 heteroatoms. The predicted octanol–water partition coefficient (Wildman–Crippen LogP) is 5.07. The predicted molar refractivity (Wildman–Crippen MR) is 124 cm³/mol. The van der Waals surface area contributed by atoms with Gasteiger partial charge in [-0.25, -0.2) is 0 Å². The highest BCUT2D eigenvalue weighted by Crippen LogP contribution is 2.36. The molecule has 0 bridgehead atoms. The molecule has 0 unspecified atom stereocenters. The van der Waals surface area contributed by atoms with Gasteiger partial charge in [0.2, 0.25) is 10.9 Å². The molecule has 1 N–H and O–H groups in total. The van der Waals surface area contributed by atoms with Crippen LogP contribution in [0.15, 0.2) is 46.7 Å². The summed E-state index contributed by atoms with van der Waals surface area (Å²) in [5.74, 6) is 0.846. The van der Waals surface area contributed by atoms with E-state index < -0.39 is 16.4 Å². The third kappa shape index (κ3) is 5.77. The Morgan fingerprint density at radius 2 is 2.03 bits per heavy atom. The van der Waals surface area contributed by atoms with Crippen molar-refractivity contribution in [3.8, 4) is 11.5 Å². The van der Waals surface area contributed by atoms with Crippen LogP contribution in [-0.4, -0.2) is 37.7 Å². The summed E-state index contributed by atoms with van der Waals surface area (Å²) in [6.45, 7) is 4.01. The highest BCUT2D eigenvalue weighted by atomic mass is 35.5. The van der Waals surface area contributed by atoms with Gasteiger partial charge in [0.15, 0.2) is 11.6 Å². The lowest BCUT2D eigenvalue weighted by atomic mass is 10.2. The van der Waals surface area contributed by atoms with Crippen LogP contribution >= 0.6 is 23.4 Å². The highest BCUT2D eigenvalue weighted by molar-refractivity contribution is 7.98. The van der Waals surface area contributed by atoms with Gasteiger partial charge in [-0.05, 0) is 37.1 Å². The Labute approximate surface area is 194 Å². The fourth-order valence-electron chi connectivity index (χ4n) is 2.83. The Morgan fingerprint density at radius 3 is 2.69 bits per heavy atom. The SMILES string of the molecule is CCCc1nnc(SCc2ccc(Cl)cc2)n1/N=C/c1cc(OCC)c(O)c([N+](=O)[O-])c1. The van der Waals surface area contributed by atoms with E-state index in [9.17, 15) is 15.2 Å². The molecule has 0 amide bonds. The molecular weight excluding hydrogens is 454 g/mol. The summed E-state index contributed by atoms with van der Waals surface area (Å²) in [4.78, 5) is 10.6. The molecule has 3 aromatic rings. The lowest BCUT2D eigenvalue weighted by Crippen LogP contribution is -2.01. The average molecular weight is 476 g/mol. The number of hydrogen-bond donors (Lipinski definition) is 1. The van der Waals surface area contributed by atoms with E-state index in [1.807, 2.05) is 31.2 Å². The van der Waals surface area contributed by atoms with Crippen molar-refractivity contribution in [2.24, 2.45) is 5.10 Å². The van der Waals surface area contributed by atoms with E-state index in [2.05, 4.69) is 15.3 Å². The second kappa shape index (κ2) is 11.0. The maximum absolute atomic E-state index is 11.3. The first-order valence-corrected chi connectivity index (χ1v) is 11.3. The van der Waals surface area contributed by atoms with Crippen LogP contribution in [0.25, 0.3) is 0 Å². The van der Waals surface area contributed by atoms with Crippen LogP contribution in [-0.2, 0) is 12.2 Å². The zero-order valence-electron chi connectivity index (χ0n) is 17.6. The highest BCUT2D eigenvalue weighted by Gasteiger charge is 2.20. The minimum atomic E-state index is -0.663. The fourth-order valence-corrected chi connectivity index (χ4v) is 3.81. The number of ether oxygens (including phenoxy) is 1. The van der Waals surface area contributed by atoms with Gasteiger partial charge in [-0.2, -0.15) is 9.78 Å². The van der Waals surface area contributed by atoms with Crippen molar-refractivity contribution >= 4 is 35.3 Å². The van der Waals surface area contributed by atoms with Gasteiger partial charge in [-0.1, -0.05) is 42.4 Å². The van der Waals surface area contributed by atoms with Crippen LogP contribution in [0.5, 0.6) is 11.5 Å². The fraction of sp³-hybridized carbons (Fsp3) is 0.286. The second-order valence-electron chi connectivity index (χ2n) is 6.70. The maximum Gasteiger partial charge on any atom is 0.315 e. The summed E-state index contributed by atoms with van der Waals surface area (Å²) in [6.07, 6.45) is 2.99. The van der Waals surface area contributed by atoms with Crippen molar-refractivity contribution in [3.63, 3.8) is 0 Å². The van der Waals surface area contributed by atoms with E-state index in [0.717, 1.165) is 12.0 Å². The Morgan fingerprint density at radius 1 is 1.28 bits per heavy atom. The Hall–Kier alpha value is -3.11. The molecule has 0 spiro atoms. The zero-order chi connectivity index (χ0) is 23.1. The monoisotopic (exact) mass is 475 g/mol. The number of aryl methyl sites for hydroxylation is 1. The van der Waals surface area contributed by atoms with Gasteiger partial charge < -0.3 is 9.84 Å². The number of nitro benzene ring substituents is 1. The van der Waals surface area contributed by atoms with E-state index >= 15 is 0 Å². The van der Waals surface area contributed by atoms with Gasteiger partial charge >= 0.3 is 5.69 Å². The first-order valence-electron chi connectivity index (χ1n) is 9.93. The van der Waals surface area contributed by atoms with Gasteiger partial charge in [0, 0.05) is 28.8 Å². The van der Waals surface area contributed by atoms with Crippen molar-refractivity contribution in [1.29, 1.82) is 0 Å². The molecule has 1 aromatic heterocycles. The first-order chi connectivity index (χ1) is 15.4. The molecule has 1 heterocycles. The van der Waals surface area contributed by atoms with Crippen LogP contribution in [0.1, 0.15) is 37.2 Å². The van der Waals surface area contributed by atoms with Gasteiger partial charge in [0.05, 0.1) is 17.7 Å². The van der Waals surface area contributed by atoms with Crippen molar-refractivity contribution in [2.75, 3.05) is 6.61 Å². The Bertz CT molecular complexity index is 1120. The molecule has 0 aliphatic carbocycles. The van der Waals surface area contributed by atoms with E-state index in [-0.39, 0.29) is 12.4 Å². The van der Waals surface area contributed by atoms with Crippen molar-refractivity contribution in [1.82, 2.24) is 14.9 Å². The van der Waals surface area contributed by atoms with Crippen LogP contribution in [0.4, 0.5) is 5.69 Å². The Balaban J connectivity index is 1.90. The third-order valence-electron chi connectivity index (χ3n) is 4.33. The lowest BCUT2D eigenvalue weighted by molar-refractivity contribution is -0.386. The Kier molecular flexibility index (Phi) is 8.07. The first kappa shape index (κ1) is 23.6. The number of phenolic OH excluding ortho intramolecular Hbond substituents is 1. The number of aromatic hydroxyl groups is 1. The molecule has 0 radical (unpaired) electrons. The van der Waals surface area contributed by atoms with E-state index in [1.54, 1.807) is 11.6 Å². The quantitative estimate of drug-likeness (QED) is 0.188. The molecule has 0 aliphatic rings. The third-order valence-corrected chi connectivity index (χ3v) is 5.57. The van der Waals surface area contributed by atoms with E-state index in [0.29, 0.717) is 33.7 Å². The van der Waals surface area contributed by atoms with Gasteiger partial charge in [0.1, 0.15) is 0 Å². The summed E-state index contributed by atoms with van der Waals surface area (Å²) in [5.41, 5.74) is 1.03.